The number of pyridine rings is 2. The van der Waals surface area contributed by atoms with Gasteiger partial charge in [0.1, 0.15) is 12.4 Å². The maximum absolute atomic E-state index is 13.8. The highest BCUT2D eigenvalue weighted by Gasteiger charge is 2.35. The third-order valence-corrected chi connectivity index (χ3v) is 5.01. The van der Waals surface area contributed by atoms with Crippen molar-refractivity contribution in [1.82, 2.24) is 14.9 Å². The molecule has 0 aliphatic rings. The standard InChI is InChI=1S/C23H20F3N3O2/c1-14-3-6-19-17(11-14)22-15(13-28-19)4-8-21(30)29(22)16-5-7-20(31-10-9-27-2)18(12-16)23(24,25)26/h3-8,11-13,27H,9-10H2,1-2H3. The van der Waals surface area contributed by atoms with Gasteiger partial charge in [-0.25, -0.2) is 0 Å². The lowest BCUT2D eigenvalue weighted by atomic mass is 10.1. The highest BCUT2D eigenvalue weighted by atomic mass is 19.4. The van der Waals surface area contributed by atoms with Crippen LogP contribution in [0.4, 0.5) is 13.2 Å². The Morgan fingerprint density at radius 3 is 2.65 bits per heavy atom. The van der Waals surface area contributed by atoms with Crippen molar-refractivity contribution in [3.8, 4) is 11.4 Å². The molecule has 0 amide bonds. The number of aromatic nitrogens is 2. The molecule has 0 aliphatic carbocycles. The molecule has 0 fully saturated rings. The molecule has 0 bridgehead atoms. The normalized spacial score (nSPS) is 11.9. The summed E-state index contributed by atoms with van der Waals surface area (Å²) in [6, 6.07) is 12.2. The molecule has 1 N–H and O–H groups in total. The number of nitrogens with one attached hydrogen (secondary N) is 1. The number of ether oxygens (including phenoxy) is 1. The summed E-state index contributed by atoms with van der Waals surface area (Å²) in [5.74, 6) is -0.276. The van der Waals surface area contributed by atoms with E-state index in [9.17, 15) is 18.0 Å². The molecule has 2 aromatic carbocycles. The molecule has 5 nitrogen and oxygen atoms in total. The fourth-order valence-corrected chi connectivity index (χ4v) is 3.55. The van der Waals surface area contributed by atoms with Crippen LogP contribution in [0.2, 0.25) is 0 Å². The fraction of sp³-hybridized carbons (Fsp3) is 0.217. The van der Waals surface area contributed by atoms with Crippen LogP contribution in [0, 0.1) is 6.92 Å². The minimum atomic E-state index is -4.64. The van der Waals surface area contributed by atoms with Crippen LogP contribution in [0.5, 0.6) is 5.75 Å². The summed E-state index contributed by atoms with van der Waals surface area (Å²) in [7, 11) is 1.69. The zero-order chi connectivity index (χ0) is 22.2. The molecule has 0 atom stereocenters. The molecule has 2 heterocycles. The van der Waals surface area contributed by atoms with Gasteiger partial charge in [0, 0.05) is 29.6 Å². The molecule has 2 aromatic heterocycles. The molecule has 31 heavy (non-hydrogen) atoms. The van der Waals surface area contributed by atoms with Gasteiger partial charge in [0.05, 0.1) is 22.3 Å². The van der Waals surface area contributed by atoms with E-state index in [1.165, 1.54) is 22.8 Å². The van der Waals surface area contributed by atoms with E-state index < -0.39 is 17.3 Å². The van der Waals surface area contributed by atoms with Crippen molar-refractivity contribution < 1.29 is 17.9 Å². The lowest BCUT2D eigenvalue weighted by Gasteiger charge is -2.18. The van der Waals surface area contributed by atoms with Crippen LogP contribution in [-0.2, 0) is 6.18 Å². The van der Waals surface area contributed by atoms with Crippen molar-refractivity contribution in [3.05, 3.63) is 76.2 Å². The highest BCUT2D eigenvalue weighted by Crippen LogP contribution is 2.38. The summed E-state index contributed by atoms with van der Waals surface area (Å²) in [5.41, 5.74) is 0.864. The summed E-state index contributed by atoms with van der Waals surface area (Å²) in [6.45, 7) is 2.39. The molecule has 0 aliphatic heterocycles. The first-order valence-electron chi connectivity index (χ1n) is 9.70. The fourth-order valence-electron chi connectivity index (χ4n) is 3.55. The molecule has 0 radical (unpaired) electrons. The van der Waals surface area contributed by atoms with Gasteiger partial charge in [-0.15, -0.1) is 0 Å². The number of alkyl halides is 3. The second-order valence-corrected chi connectivity index (χ2v) is 7.22. The highest BCUT2D eigenvalue weighted by molar-refractivity contribution is 6.04. The number of hydrogen-bond donors (Lipinski definition) is 1. The Hall–Kier alpha value is -3.39. The Labute approximate surface area is 176 Å². The first kappa shape index (κ1) is 20.9. The summed E-state index contributed by atoms with van der Waals surface area (Å²) in [6.07, 6.45) is -3.03. The number of fused-ring (bicyclic) bond motifs is 3. The number of benzene rings is 2. The van der Waals surface area contributed by atoms with Gasteiger partial charge >= 0.3 is 6.18 Å². The van der Waals surface area contributed by atoms with Gasteiger partial charge in [-0.05, 0) is 50.4 Å². The van der Waals surface area contributed by atoms with Crippen molar-refractivity contribution in [1.29, 1.82) is 0 Å². The van der Waals surface area contributed by atoms with E-state index in [1.807, 2.05) is 25.1 Å². The first-order valence-corrected chi connectivity index (χ1v) is 9.70. The van der Waals surface area contributed by atoms with E-state index in [4.69, 9.17) is 4.74 Å². The number of halogens is 3. The SMILES string of the molecule is CNCCOc1ccc(-n2c(=O)ccc3cnc4ccc(C)cc4c32)cc1C(F)(F)F. The summed E-state index contributed by atoms with van der Waals surface area (Å²) >= 11 is 0. The lowest BCUT2D eigenvalue weighted by molar-refractivity contribution is -0.138. The van der Waals surface area contributed by atoms with Crippen molar-refractivity contribution >= 4 is 21.8 Å². The number of nitrogens with zero attached hydrogens (tertiary/aromatic N) is 2. The average molecular weight is 427 g/mol. The summed E-state index contributed by atoms with van der Waals surface area (Å²) in [5, 5.41) is 4.17. The molecule has 8 heteroatoms. The average Bonchev–Trinajstić information content (AvgIpc) is 2.73. The molecule has 0 spiro atoms. The third kappa shape index (κ3) is 3.98. The number of rotatable bonds is 5. The second kappa shape index (κ2) is 8.03. The molecule has 160 valence electrons. The van der Waals surface area contributed by atoms with Gasteiger partial charge in [0.15, 0.2) is 0 Å². The Morgan fingerprint density at radius 1 is 1.10 bits per heavy atom. The van der Waals surface area contributed by atoms with E-state index in [0.717, 1.165) is 11.6 Å². The quantitative estimate of drug-likeness (QED) is 0.377. The zero-order valence-corrected chi connectivity index (χ0v) is 17.0. The van der Waals surface area contributed by atoms with Crippen LogP contribution in [0.15, 0.2) is 59.5 Å². The van der Waals surface area contributed by atoms with Gasteiger partial charge in [0.25, 0.3) is 5.56 Å². The first-order chi connectivity index (χ1) is 14.8. The van der Waals surface area contributed by atoms with Crippen LogP contribution < -0.4 is 15.6 Å². The van der Waals surface area contributed by atoms with E-state index in [0.29, 0.717) is 28.4 Å². The van der Waals surface area contributed by atoms with Gasteiger partial charge < -0.3 is 10.1 Å². The van der Waals surface area contributed by atoms with Gasteiger partial charge in [0.2, 0.25) is 0 Å². The van der Waals surface area contributed by atoms with Crippen LogP contribution in [0.3, 0.4) is 0 Å². The van der Waals surface area contributed by atoms with E-state index in [2.05, 4.69) is 10.3 Å². The largest absolute Gasteiger partial charge is 0.492 e. The molecule has 4 rings (SSSR count). The third-order valence-electron chi connectivity index (χ3n) is 5.01. The molecule has 0 saturated carbocycles. The van der Waals surface area contributed by atoms with E-state index in [-0.39, 0.29) is 18.0 Å². The molecule has 0 unspecified atom stereocenters. The Balaban J connectivity index is 1.99. The Morgan fingerprint density at radius 2 is 1.90 bits per heavy atom. The minimum Gasteiger partial charge on any atom is -0.492 e. The van der Waals surface area contributed by atoms with Crippen molar-refractivity contribution in [2.24, 2.45) is 0 Å². The monoisotopic (exact) mass is 427 g/mol. The predicted molar refractivity (Wildman–Crippen MR) is 114 cm³/mol. The number of aryl methyl sites for hydroxylation is 1. The maximum Gasteiger partial charge on any atom is 0.420 e. The Bertz CT molecular complexity index is 1330. The Kier molecular flexibility index (Phi) is 5.41. The van der Waals surface area contributed by atoms with Crippen LogP contribution in [0.25, 0.3) is 27.5 Å². The molecule has 0 saturated heterocycles. The van der Waals surface area contributed by atoms with Crippen LogP contribution >= 0.6 is 0 Å². The zero-order valence-electron chi connectivity index (χ0n) is 17.0. The summed E-state index contributed by atoms with van der Waals surface area (Å²) in [4.78, 5) is 17.2. The van der Waals surface area contributed by atoms with Gasteiger partial charge in [-0.1, -0.05) is 11.6 Å². The number of likely N-dealkylation sites (N-methyl/N-ethyl adjacent to an activating group) is 1. The topological polar surface area (TPSA) is 56.1 Å². The van der Waals surface area contributed by atoms with Gasteiger partial charge in [-0.2, -0.15) is 13.2 Å². The number of hydrogen-bond acceptors (Lipinski definition) is 4. The van der Waals surface area contributed by atoms with Crippen LogP contribution in [0.1, 0.15) is 11.1 Å². The predicted octanol–water partition coefficient (Wildman–Crippen LogP) is 4.46. The maximum atomic E-state index is 13.8. The van der Waals surface area contributed by atoms with Crippen molar-refractivity contribution in [3.63, 3.8) is 0 Å². The second-order valence-electron chi connectivity index (χ2n) is 7.22. The van der Waals surface area contributed by atoms with Crippen LogP contribution in [-0.4, -0.2) is 29.8 Å². The van der Waals surface area contributed by atoms with Gasteiger partial charge in [-0.3, -0.25) is 14.3 Å². The molecule has 4 aromatic rings. The summed E-state index contributed by atoms with van der Waals surface area (Å²) < 4.78 is 48.0. The van der Waals surface area contributed by atoms with E-state index >= 15 is 0 Å². The van der Waals surface area contributed by atoms with Crippen molar-refractivity contribution in [2.45, 2.75) is 13.1 Å². The lowest BCUT2D eigenvalue weighted by Crippen LogP contribution is -2.20. The smallest absolute Gasteiger partial charge is 0.420 e. The minimum absolute atomic E-state index is 0.0860. The van der Waals surface area contributed by atoms with Crippen molar-refractivity contribution in [2.75, 3.05) is 20.2 Å². The molecular weight excluding hydrogens is 407 g/mol. The van der Waals surface area contributed by atoms with E-state index in [1.54, 1.807) is 19.3 Å². The molecular formula is C23H20F3N3O2.